The van der Waals surface area contributed by atoms with Gasteiger partial charge in [-0.3, -0.25) is 0 Å². The van der Waals surface area contributed by atoms with E-state index in [0.29, 0.717) is 13.2 Å². The molecule has 25 heavy (non-hydrogen) atoms. The van der Waals surface area contributed by atoms with Crippen molar-refractivity contribution in [2.24, 2.45) is 5.73 Å². The van der Waals surface area contributed by atoms with Crippen molar-refractivity contribution in [2.75, 3.05) is 19.7 Å². The lowest BCUT2D eigenvalue weighted by atomic mass is 9.98. The quantitative estimate of drug-likeness (QED) is 0.909. The molecule has 130 valence electrons. The first-order valence-corrected chi connectivity index (χ1v) is 9.09. The first kappa shape index (κ1) is 16.2. The fraction of sp³-hybridized carbons (Fsp3) is 0.381. The molecule has 1 unspecified atom stereocenters. The first-order chi connectivity index (χ1) is 12.2. The van der Waals surface area contributed by atoms with Crippen LogP contribution in [0.5, 0.6) is 0 Å². The molecule has 2 aromatic carbocycles. The standard InChI is InChI=1S/C21H24N2O2/c22-15-6-5-12-23(13-11-15)21(24)25-14-20-18-9-3-1-7-16(18)17-8-2-4-10-19(17)20/h1-4,7-10,15,20H,5-6,11-14,22H2. The highest BCUT2D eigenvalue weighted by atomic mass is 16.6. The van der Waals surface area contributed by atoms with Gasteiger partial charge in [-0.2, -0.15) is 0 Å². The summed E-state index contributed by atoms with van der Waals surface area (Å²) in [6.07, 6.45) is 2.57. The molecule has 1 aliphatic heterocycles. The van der Waals surface area contributed by atoms with Gasteiger partial charge >= 0.3 is 6.09 Å². The van der Waals surface area contributed by atoms with E-state index in [4.69, 9.17) is 10.5 Å². The van der Waals surface area contributed by atoms with E-state index >= 15 is 0 Å². The second-order valence-electron chi connectivity index (χ2n) is 6.98. The molecule has 0 aromatic heterocycles. The van der Waals surface area contributed by atoms with Crippen LogP contribution in [0.15, 0.2) is 48.5 Å². The normalized spacial score (nSPS) is 19.9. The number of hydrogen-bond donors (Lipinski definition) is 1. The lowest BCUT2D eigenvalue weighted by molar-refractivity contribution is 0.101. The maximum absolute atomic E-state index is 12.5. The van der Waals surface area contributed by atoms with Crippen LogP contribution in [-0.2, 0) is 4.74 Å². The highest BCUT2D eigenvalue weighted by Gasteiger charge is 2.30. The Labute approximate surface area is 148 Å². The van der Waals surface area contributed by atoms with E-state index in [1.165, 1.54) is 22.3 Å². The molecule has 2 aromatic rings. The zero-order valence-corrected chi connectivity index (χ0v) is 14.4. The number of nitrogens with two attached hydrogens (primary N) is 1. The van der Waals surface area contributed by atoms with E-state index in [1.54, 1.807) is 4.90 Å². The van der Waals surface area contributed by atoms with Crippen LogP contribution in [0.3, 0.4) is 0 Å². The molecule has 4 nitrogen and oxygen atoms in total. The van der Waals surface area contributed by atoms with Crippen molar-refractivity contribution >= 4 is 6.09 Å². The minimum Gasteiger partial charge on any atom is -0.448 e. The van der Waals surface area contributed by atoms with E-state index < -0.39 is 0 Å². The van der Waals surface area contributed by atoms with Crippen LogP contribution in [-0.4, -0.2) is 36.7 Å². The number of rotatable bonds is 2. The average Bonchev–Trinajstić information content (AvgIpc) is 2.79. The highest BCUT2D eigenvalue weighted by Crippen LogP contribution is 2.44. The van der Waals surface area contributed by atoms with Crippen molar-refractivity contribution < 1.29 is 9.53 Å². The Hall–Kier alpha value is -2.33. The number of hydrogen-bond acceptors (Lipinski definition) is 3. The molecule has 1 saturated heterocycles. The van der Waals surface area contributed by atoms with Crippen molar-refractivity contribution in [1.29, 1.82) is 0 Å². The molecule has 1 heterocycles. The molecule has 2 N–H and O–H groups in total. The molecule has 1 aliphatic carbocycles. The van der Waals surface area contributed by atoms with Gasteiger partial charge in [0, 0.05) is 25.0 Å². The predicted molar refractivity (Wildman–Crippen MR) is 98.5 cm³/mol. The molecule has 0 radical (unpaired) electrons. The van der Waals surface area contributed by atoms with Crippen LogP contribution in [0.25, 0.3) is 11.1 Å². The number of likely N-dealkylation sites (tertiary alicyclic amines) is 1. The van der Waals surface area contributed by atoms with Crippen LogP contribution in [0.1, 0.15) is 36.3 Å². The summed E-state index contributed by atoms with van der Waals surface area (Å²) in [7, 11) is 0. The Bertz CT molecular complexity index is 728. The molecule has 4 heteroatoms. The zero-order valence-electron chi connectivity index (χ0n) is 14.4. The van der Waals surface area contributed by atoms with E-state index in [-0.39, 0.29) is 18.1 Å². The Morgan fingerprint density at radius 1 is 1.00 bits per heavy atom. The predicted octanol–water partition coefficient (Wildman–Crippen LogP) is 3.75. The third-order valence-corrected chi connectivity index (χ3v) is 5.37. The summed E-state index contributed by atoms with van der Waals surface area (Å²) in [6, 6.07) is 17.0. The van der Waals surface area contributed by atoms with Gasteiger partial charge in [-0.05, 0) is 41.5 Å². The summed E-state index contributed by atoms with van der Waals surface area (Å²) in [5.74, 6) is 0.116. The van der Waals surface area contributed by atoms with Crippen LogP contribution in [0.4, 0.5) is 4.79 Å². The molecule has 0 bridgehead atoms. The van der Waals surface area contributed by atoms with Gasteiger partial charge in [0.2, 0.25) is 0 Å². The molecule has 4 rings (SSSR count). The van der Waals surface area contributed by atoms with Crippen molar-refractivity contribution in [3.63, 3.8) is 0 Å². The number of carbonyl (C=O) groups excluding carboxylic acids is 1. The maximum atomic E-state index is 12.5. The van der Waals surface area contributed by atoms with Gasteiger partial charge in [0.25, 0.3) is 0 Å². The molecule has 1 amide bonds. The Kier molecular flexibility index (Phi) is 4.45. The molecular weight excluding hydrogens is 312 g/mol. The van der Waals surface area contributed by atoms with Gasteiger partial charge in [0.05, 0.1) is 0 Å². The first-order valence-electron chi connectivity index (χ1n) is 9.09. The van der Waals surface area contributed by atoms with E-state index in [1.807, 2.05) is 0 Å². The number of benzene rings is 2. The largest absolute Gasteiger partial charge is 0.448 e. The lowest BCUT2D eigenvalue weighted by Gasteiger charge is -2.22. The number of fused-ring (bicyclic) bond motifs is 3. The topological polar surface area (TPSA) is 55.6 Å². The van der Waals surface area contributed by atoms with Crippen molar-refractivity contribution in [1.82, 2.24) is 4.90 Å². The lowest BCUT2D eigenvalue weighted by Crippen LogP contribution is -2.34. The minimum atomic E-state index is -0.212. The van der Waals surface area contributed by atoms with Gasteiger partial charge < -0.3 is 15.4 Å². The summed E-state index contributed by atoms with van der Waals surface area (Å²) >= 11 is 0. The third kappa shape index (κ3) is 3.14. The number of ether oxygens (including phenoxy) is 1. The molecular formula is C21H24N2O2. The molecule has 0 spiro atoms. The number of nitrogens with zero attached hydrogens (tertiary/aromatic N) is 1. The van der Waals surface area contributed by atoms with E-state index in [2.05, 4.69) is 48.5 Å². The fourth-order valence-electron chi connectivity index (χ4n) is 3.99. The molecule has 2 aliphatic rings. The Balaban J connectivity index is 1.48. The summed E-state index contributed by atoms with van der Waals surface area (Å²) in [5.41, 5.74) is 11.0. The maximum Gasteiger partial charge on any atom is 0.409 e. The summed E-state index contributed by atoms with van der Waals surface area (Å²) in [4.78, 5) is 14.3. The highest BCUT2D eigenvalue weighted by molar-refractivity contribution is 5.79. The van der Waals surface area contributed by atoms with Gasteiger partial charge in [-0.1, -0.05) is 48.5 Å². The van der Waals surface area contributed by atoms with Gasteiger partial charge in [-0.15, -0.1) is 0 Å². The second kappa shape index (κ2) is 6.89. The average molecular weight is 336 g/mol. The molecule has 1 fully saturated rings. The van der Waals surface area contributed by atoms with Crippen LogP contribution in [0.2, 0.25) is 0 Å². The van der Waals surface area contributed by atoms with Crippen LogP contribution >= 0.6 is 0 Å². The van der Waals surface area contributed by atoms with Gasteiger partial charge in [0.1, 0.15) is 6.61 Å². The third-order valence-electron chi connectivity index (χ3n) is 5.37. The van der Waals surface area contributed by atoms with Gasteiger partial charge in [0.15, 0.2) is 0 Å². The number of carbonyl (C=O) groups is 1. The van der Waals surface area contributed by atoms with Crippen LogP contribution < -0.4 is 5.73 Å². The van der Waals surface area contributed by atoms with Gasteiger partial charge in [-0.25, -0.2) is 4.79 Å². The minimum absolute atomic E-state index is 0.116. The monoisotopic (exact) mass is 336 g/mol. The summed E-state index contributed by atoms with van der Waals surface area (Å²) < 4.78 is 5.72. The summed E-state index contributed by atoms with van der Waals surface area (Å²) in [6.45, 7) is 1.82. The SMILES string of the molecule is NC1CCCN(C(=O)OCC2c3ccccc3-c3ccccc32)CC1. The van der Waals surface area contributed by atoms with E-state index in [0.717, 1.165) is 25.8 Å². The second-order valence-corrected chi connectivity index (χ2v) is 6.98. The number of amides is 1. The van der Waals surface area contributed by atoms with Crippen molar-refractivity contribution in [3.05, 3.63) is 59.7 Å². The van der Waals surface area contributed by atoms with E-state index in [9.17, 15) is 4.79 Å². The van der Waals surface area contributed by atoms with Crippen molar-refractivity contribution in [2.45, 2.75) is 31.2 Å². The smallest absolute Gasteiger partial charge is 0.409 e. The fourth-order valence-corrected chi connectivity index (χ4v) is 3.99. The Morgan fingerprint density at radius 3 is 2.32 bits per heavy atom. The summed E-state index contributed by atoms with van der Waals surface area (Å²) in [5, 5.41) is 0. The Morgan fingerprint density at radius 2 is 1.64 bits per heavy atom. The zero-order chi connectivity index (χ0) is 17.2. The molecule has 0 saturated carbocycles. The molecule has 1 atom stereocenters. The van der Waals surface area contributed by atoms with Crippen molar-refractivity contribution in [3.8, 4) is 11.1 Å². The van der Waals surface area contributed by atoms with Crippen LogP contribution in [0, 0.1) is 0 Å².